The molecule has 11 heteroatoms. The van der Waals surface area contributed by atoms with Gasteiger partial charge in [0, 0.05) is 42.0 Å². The molecule has 1 heterocycles. The predicted molar refractivity (Wildman–Crippen MR) is 218 cm³/mol. The molecule has 5 rings (SSSR count). The van der Waals surface area contributed by atoms with Crippen LogP contribution >= 0.6 is 0 Å². The minimum Gasteiger partial charge on any atom is -0.368 e. The van der Waals surface area contributed by atoms with Gasteiger partial charge in [-0.2, -0.15) is 0 Å². The molecule has 4 amide bonds. The Morgan fingerprint density at radius 2 is 1.14 bits per heavy atom. The Balaban J connectivity index is 1.41. The SMILES string of the molecule is NC(=O)[C@@H]1CCCCCC(=O)C(Cc2ccc(C(=O)c3ccccc3)cc2)NC(=O)[C@H](CC2CCCCC2)CC(=O)[C@H](CC2CCCCC2)NC(=O)/C=C\C(=O)N1. The van der Waals surface area contributed by atoms with E-state index in [1.807, 2.05) is 18.2 Å². The second kappa shape index (κ2) is 22.1. The highest BCUT2D eigenvalue weighted by Crippen LogP contribution is 2.32. The molecule has 0 radical (unpaired) electrons. The molecule has 4 atom stereocenters. The van der Waals surface area contributed by atoms with Gasteiger partial charge in [0.25, 0.3) is 0 Å². The summed E-state index contributed by atoms with van der Waals surface area (Å²) in [4.78, 5) is 93.8. The molecule has 0 saturated heterocycles. The first-order valence-electron chi connectivity index (χ1n) is 21.2. The second-order valence-corrected chi connectivity index (χ2v) is 16.4. The second-order valence-electron chi connectivity index (χ2n) is 16.4. The van der Waals surface area contributed by atoms with Crippen LogP contribution in [0.2, 0.25) is 0 Å². The first-order valence-corrected chi connectivity index (χ1v) is 21.2. The maximum Gasteiger partial charge on any atom is 0.244 e. The number of Topliss-reactive ketones (excluding diaryl/α,β-unsaturated/α-hetero) is 2. The summed E-state index contributed by atoms with van der Waals surface area (Å²) in [5.74, 6) is -3.01. The monoisotopic (exact) mass is 780 g/mol. The van der Waals surface area contributed by atoms with Gasteiger partial charge in [-0.25, -0.2) is 0 Å². The van der Waals surface area contributed by atoms with Crippen molar-refractivity contribution in [3.8, 4) is 0 Å². The lowest BCUT2D eigenvalue weighted by Gasteiger charge is -2.30. The van der Waals surface area contributed by atoms with Crippen molar-refractivity contribution in [3.63, 3.8) is 0 Å². The van der Waals surface area contributed by atoms with E-state index in [9.17, 15) is 33.6 Å². The molecule has 3 aliphatic rings. The van der Waals surface area contributed by atoms with Crippen molar-refractivity contribution in [2.45, 2.75) is 140 Å². The van der Waals surface area contributed by atoms with Crippen LogP contribution in [0, 0.1) is 17.8 Å². The van der Waals surface area contributed by atoms with Gasteiger partial charge in [0.2, 0.25) is 23.6 Å². The van der Waals surface area contributed by atoms with Gasteiger partial charge in [0.1, 0.15) is 6.04 Å². The van der Waals surface area contributed by atoms with E-state index >= 15 is 0 Å². The van der Waals surface area contributed by atoms with Crippen LogP contribution in [0.1, 0.15) is 137 Å². The zero-order valence-corrected chi connectivity index (χ0v) is 33.2. The van der Waals surface area contributed by atoms with Crippen molar-refractivity contribution in [2.75, 3.05) is 0 Å². The van der Waals surface area contributed by atoms with Gasteiger partial charge in [-0.15, -0.1) is 0 Å². The van der Waals surface area contributed by atoms with Crippen LogP contribution in [-0.2, 0) is 35.2 Å². The molecule has 0 bridgehead atoms. The molecule has 2 aromatic rings. The number of amides is 4. The van der Waals surface area contributed by atoms with E-state index in [0.717, 1.165) is 81.9 Å². The molecule has 2 aliphatic carbocycles. The summed E-state index contributed by atoms with van der Waals surface area (Å²) in [6.07, 6.45) is 15.5. The Hall–Kier alpha value is -4.93. The van der Waals surface area contributed by atoms with Crippen LogP contribution in [0.3, 0.4) is 0 Å². The largest absolute Gasteiger partial charge is 0.368 e. The minimum atomic E-state index is -0.961. The molecule has 0 spiro atoms. The van der Waals surface area contributed by atoms with Crippen LogP contribution in [-0.4, -0.2) is 59.1 Å². The summed E-state index contributed by atoms with van der Waals surface area (Å²) in [5.41, 5.74) is 7.43. The Kier molecular flexibility index (Phi) is 16.8. The highest BCUT2D eigenvalue weighted by molar-refractivity contribution is 6.09. The number of ketones is 3. The van der Waals surface area contributed by atoms with Crippen LogP contribution in [0.15, 0.2) is 66.7 Å². The van der Waals surface area contributed by atoms with E-state index in [-0.39, 0.29) is 60.8 Å². The fourth-order valence-corrected chi connectivity index (χ4v) is 8.71. The molecular weight excluding hydrogens is 721 g/mol. The highest BCUT2D eigenvalue weighted by atomic mass is 16.2. The predicted octanol–water partition coefficient (Wildman–Crippen LogP) is 6.01. The molecule has 5 N–H and O–H groups in total. The third-order valence-corrected chi connectivity index (χ3v) is 12.0. The van der Waals surface area contributed by atoms with Crippen molar-refractivity contribution in [1.29, 1.82) is 0 Å². The summed E-state index contributed by atoms with van der Waals surface area (Å²) >= 11 is 0. The fourth-order valence-electron chi connectivity index (χ4n) is 8.71. The van der Waals surface area contributed by atoms with Gasteiger partial charge in [0.05, 0.1) is 12.1 Å². The minimum absolute atomic E-state index is 0.0816. The molecule has 0 aromatic heterocycles. The van der Waals surface area contributed by atoms with Gasteiger partial charge in [-0.1, -0.05) is 132 Å². The molecule has 2 fully saturated rings. The number of carbonyl (C=O) groups is 7. The summed E-state index contributed by atoms with van der Waals surface area (Å²) in [5, 5.41) is 8.50. The van der Waals surface area contributed by atoms with E-state index in [1.165, 1.54) is 0 Å². The zero-order valence-electron chi connectivity index (χ0n) is 33.2. The maximum absolute atomic E-state index is 14.4. The third-order valence-electron chi connectivity index (χ3n) is 12.0. The maximum atomic E-state index is 14.4. The first-order chi connectivity index (χ1) is 27.5. The number of primary amides is 1. The Morgan fingerprint density at radius 1 is 0.579 bits per heavy atom. The normalized spacial score (nSPS) is 25.1. The zero-order chi connectivity index (χ0) is 40.6. The summed E-state index contributed by atoms with van der Waals surface area (Å²) in [6.45, 7) is 0. The van der Waals surface area contributed by atoms with Gasteiger partial charge in [-0.3, -0.25) is 33.6 Å². The standard InChI is InChI=1S/C46H60N4O7/c47-45(56)37-19-11-4-12-20-40(51)38(29-33-21-23-35(24-22-33)44(55)34-17-9-3-10-18-34)50-46(57)36(27-31-13-5-1-6-14-31)30-41(52)39(28-32-15-7-2-8-16-32)49-43(54)26-25-42(53)48-37/h3,9-10,17-18,21-26,31-32,36-39H,1-2,4-8,11-16,19-20,27-30H2,(H2,47,56)(H,48,53)(H,49,54)(H,50,57)/b26-25-/t36-,37+,38?,39+/m1/s1. The average Bonchev–Trinajstić information content (AvgIpc) is 3.22. The number of nitrogens with one attached hydrogen (secondary N) is 3. The molecule has 11 nitrogen and oxygen atoms in total. The molecule has 2 saturated carbocycles. The topological polar surface area (TPSA) is 182 Å². The van der Waals surface area contributed by atoms with Gasteiger partial charge in [-0.05, 0) is 49.5 Å². The number of carbonyl (C=O) groups excluding carboxylic acids is 7. The first kappa shape index (κ1) is 43.2. The molecule has 1 aliphatic heterocycles. The summed E-state index contributed by atoms with van der Waals surface area (Å²) < 4.78 is 0. The van der Waals surface area contributed by atoms with Crippen LogP contribution in [0.5, 0.6) is 0 Å². The van der Waals surface area contributed by atoms with Crippen LogP contribution < -0.4 is 21.7 Å². The lowest BCUT2D eigenvalue weighted by atomic mass is 9.79. The smallest absolute Gasteiger partial charge is 0.244 e. The Labute approximate surface area is 336 Å². The average molecular weight is 781 g/mol. The lowest BCUT2D eigenvalue weighted by molar-refractivity contribution is -0.134. The third kappa shape index (κ3) is 13.9. The van der Waals surface area contributed by atoms with Crippen molar-refractivity contribution in [1.82, 2.24) is 16.0 Å². The molecule has 306 valence electrons. The Bertz CT molecular complexity index is 1730. The van der Waals surface area contributed by atoms with Crippen molar-refractivity contribution in [3.05, 3.63) is 83.4 Å². The molecule has 57 heavy (non-hydrogen) atoms. The van der Waals surface area contributed by atoms with Gasteiger partial charge >= 0.3 is 0 Å². The van der Waals surface area contributed by atoms with Gasteiger partial charge < -0.3 is 21.7 Å². The molecule has 2 aromatic carbocycles. The fraction of sp³-hybridized carbons (Fsp3) is 0.543. The summed E-state index contributed by atoms with van der Waals surface area (Å²) in [6, 6.07) is 13.4. The number of nitrogens with two attached hydrogens (primary N) is 1. The summed E-state index contributed by atoms with van der Waals surface area (Å²) in [7, 11) is 0. The van der Waals surface area contributed by atoms with Crippen LogP contribution in [0.4, 0.5) is 0 Å². The van der Waals surface area contributed by atoms with E-state index in [0.29, 0.717) is 43.2 Å². The van der Waals surface area contributed by atoms with E-state index < -0.39 is 41.8 Å². The van der Waals surface area contributed by atoms with E-state index in [2.05, 4.69) is 16.0 Å². The number of rotatable bonds is 9. The van der Waals surface area contributed by atoms with Crippen molar-refractivity contribution >= 4 is 41.0 Å². The molecular formula is C46H60N4O7. The Morgan fingerprint density at radius 3 is 1.77 bits per heavy atom. The molecule has 1 unspecified atom stereocenters. The van der Waals surface area contributed by atoms with Crippen LogP contribution in [0.25, 0.3) is 0 Å². The number of benzene rings is 2. The number of hydrogen-bond acceptors (Lipinski definition) is 7. The van der Waals surface area contributed by atoms with Crippen molar-refractivity contribution in [2.24, 2.45) is 23.5 Å². The van der Waals surface area contributed by atoms with E-state index in [4.69, 9.17) is 5.73 Å². The van der Waals surface area contributed by atoms with Gasteiger partial charge in [0.15, 0.2) is 17.3 Å². The quantitative estimate of drug-likeness (QED) is 0.225. The van der Waals surface area contributed by atoms with Crippen molar-refractivity contribution < 1.29 is 33.6 Å². The lowest BCUT2D eigenvalue weighted by Crippen LogP contribution is -2.47. The highest BCUT2D eigenvalue weighted by Gasteiger charge is 2.33. The van der Waals surface area contributed by atoms with E-state index in [1.54, 1.807) is 36.4 Å². The number of hydrogen-bond donors (Lipinski definition) is 4.